The van der Waals surface area contributed by atoms with E-state index in [-0.39, 0.29) is 41.9 Å². The molecule has 2 aromatic rings. The summed E-state index contributed by atoms with van der Waals surface area (Å²) in [5, 5.41) is 22.6. The van der Waals surface area contributed by atoms with Crippen molar-refractivity contribution in [3.63, 3.8) is 0 Å². The van der Waals surface area contributed by atoms with Crippen LogP contribution in [0, 0.1) is 0 Å². The number of carbonyl (C=O) groups excluding carboxylic acids is 1. The number of hydrogen-bond acceptors (Lipinski definition) is 7. The first-order valence-electron chi connectivity index (χ1n) is 6.14. The van der Waals surface area contributed by atoms with Gasteiger partial charge in [-0.05, 0) is 42.0 Å². The molecular formula is C13H13N4NaO4. The Hall–Kier alpha value is -1.90. The minimum Gasteiger partial charge on any atom is -0.856 e. The zero-order chi connectivity index (χ0) is 15.2. The molecule has 2 rings (SSSR count). The minimum absolute atomic E-state index is 0. The van der Waals surface area contributed by atoms with Crippen molar-refractivity contribution in [1.29, 1.82) is 0 Å². The van der Waals surface area contributed by atoms with Crippen molar-refractivity contribution in [2.24, 2.45) is 5.10 Å². The Balaban J connectivity index is 0.00000242. The molecule has 0 fully saturated rings. The van der Waals surface area contributed by atoms with E-state index in [0.717, 1.165) is 10.4 Å². The normalized spacial score (nSPS) is 10.3. The van der Waals surface area contributed by atoms with Gasteiger partial charge in [0.05, 0.1) is 19.9 Å². The molecule has 0 spiro atoms. The van der Waals surface area contributed by atoms with Gasteiger partial charge in [0.15, 0.2) is 5.69 Å². The number of benzene rings is 1. The third-order valence-corrected chi connectivity index (χ3v) is 2.51. The second-order valence-corrected chi connectivity index (χ2v) is 3.87. The number of rotatable bonds is 5. The number of aromatic nitrogens is 3. The van der Waals surface area contributed by atoms with Gasteiger partial charge in [-0.25, -0.2) is 4.79 Å². The van der Waals surface area contributed by atoms with Crippen molar-refractivity contribution in [3.05, 3.63) is 35.5 Å². The van der Waals surface area contributed by atoms with Crippen LogP contribution in [0.15, 0.2) is 29.4 Å². The SMILES string of the molecule is CCOC(=O)c1nnn(/N=C\c2ccc(OC)cc2)c1[O-].[Na+]. The fraction of sp³-hybridized carbons (Fsp3) is 0.231. The molecule has 1 heterocycles. The van der Waals surface area contributed by atoms with Gasteiger partial charge in [0.25, 0.3) is 0 Å². The van der Waals surface area contributed by atoms with Crippen LogP contribution in [0.25, 0.3) is 0 Å². The van der Waals surface area contributed by atoms with E-state index in [1.54, 1.807) is 38.3 Å². The maximum Gasteiger partial charge on any atom is 1.00 e. The fourth-order valence-corrected chi connectivity index (χ4v) is 1.48. The zero-order valence-corrected chi connectivity index (χ0v) is 14.5. The Morgan fingerprint density at radius 3 is 2.68 bits per heavy atom. The molecule has 0 unspecified atom stereocenters. The monoisotopic (exact) mass is 312 g/mol. The van der Waals surface area contributed by atoms with Crippen LogP contribution in [0.4, 0.5) is 0 Å². The average Bonchev–Trinajstić information content (AvgIpc) is 2.87. The molecule has 110 valence electrons. The van der Waals surface area contributed by atoms with Gasteiger partial charge in [0, 0.05) is 5.88 Å². The summed E-state index contributed by atoms with van der Waals surface area (Å²) in [4.78, 5) is 12.2. The van der Waals surface area contributed by atoms with Crippen LogP contribution in [0.1, 0.15) is 23.0 Å². The molecule has 0 saturated heterocycles. The fourth-order valence-electron chi connectivity index (χ4n) is 1.48. The number of nitrogens with zero attached hydrogens (tertiary/aromatic N) is 4. The summed E-state index contributed by atoms with van der Waals surface area (Å²) in [5.41, 5.74) is 0.354. The molecule has 0 aliphatic heterocycles. The Morgan fingerprint density at radius 2 is 2.09 bits per heavy atom. The molecule has 1 aromatic heterocycles. The smallest absolute Gasteiger partial charge is 0.856 e. The van der Waals surface area contributed by atoms with Crippen LogP contribution in [0.3, 0.4) is 0 Å². The number of esters is 1. The summed E-state index contributed by atoms with van der Waals surface area (Å²) in [7, 11) is 1.57. The summed E-state index contributed by atoms with van der Waals surface area (Å²) >= 11 is 0. The molecular weight excluding hydrogens is 299 g/mol. The van der Waals surface area contributed by atoms with Crippen molar-refractivity contribution in [3.8, 4) is 11.6 Å². The third kappa shape index (κ3) is 4.30. The first kappa shape index (κ1) is 18.1. The molecule has 0 aliphatic carbocycles. The molecule has 0 saturated carbocycles. The molecule has 0 aliphatic rings. The van der Waals surface area contributed by atoms with E-state index >= 15 is 0 Å². The molecule has 8 nitrogen and oxygen atoms in total. The Morgan fingerprint density at radius 1 is 1.41 bits per heavy atom. The third-order valence-electron chi connectivity index (χ3n) is 2.51. The van der Waals surface area contributed by atoms with Gasteiger partial charge in [0.1, 0.15) is 5.75 Å². The molecule has 0 N–H and O–H groups in total. The van der Waals surface area contributed by atoms with E-state index in [4.69, 9.17) is 4.74 Å². The average molecular weight is 312 g/mol. The van der Waals surface area contributed by atoms with Gasteiger partial charge in [-0.15, -0.1) is 9.89 Å². The van der Waals surface area contributed by atoms with Gasteiger partial charge in [0.2, 0.25) is 0 Å². The number of methoxy groups -OCH3 is 1. The van der Waals surface area contributed by atoms with Crippen molar-refractivity contribution >= 4 is 12.2 Å². The maximum absolute atomic E-state index is 11.8. The standard InChI is InChI=1S/C13H14N4O4.Na/c1-3-21-13(19)11-12(18)17(16-15-11)14-8-9-4-6-10(20-2)7-5-9;/h4-8,18H,3H2,1-2H3;/q;+1/p-1/b14-8-;. The van der Waals surface area contributed by atoms with Crippen LogP contribution in [0.2, 0.25) is 0 Å². The zero-order valence-electron chi connectivity index (χ0n) is 12.5. The summed E-state index contributed by atoms with van der Waals surface area (Å²) in [6, 6.07) is 7.03. The Kier molecular flexibility index (Phi) is 7.03. The van der Waals surface area contributed by atoms with Crippen LogP contribution in [-0.4, -0.2) is 41.0 Å². The summed E-state index contributed by atoms with van der Waals surface area (Å²) in [6.45, 7) is 1.79. The quantitative estimate of drug-likeness (QED) is 0.341. The summed E-state index contributed by atoms with van der Waals surface area (Å²) in [5.74, 6) is -0.825. The number of hydrogen-bond donors (Lipinski definition) is 0. The van der Waals surface area contributed by atoms with E-state index in [2.05, 4.69) is 20.2 Å². The minimum atomic E-state index is -0.812. The number of carbonyl (C=O) groups is 1. The molecule has 1 aromatic carbocycles. The second-order valence-electron chi connectivity index (χ2n) is 3.87. The molecule has 0 amide bonds. The van der Waals surface area contributed by atoms with E-state index in [1.165, 1.54) is 6.21 Å². The van der Waals surface area contributed by atoms with Crippen LogP contribution in [-0.2, 0) is 4.74 Å². The van der Waals surface area contributed by atoms with E-state index in [1.807, 2.05) is 0 Å². The predicted octanol–water partition coefficient (Wildman–Crippen LogP) is -2.58. The van der Waals surface area contributed by atoms with Crippen LogP contribution in [0.5, 0.6) is 11.6 Å². The first-order chi connectivity index (χ1) is 10.2. The molecule has 22 heavy (non-hydrogen) atoms. The Labute approximate surface area is 149 Å². The first-order valence-corrected chi connectivity index (χ1v) is 6.14. The predicted molar refractivity (Wildman–Crippen MR) is 71.4 cm³/mol. The van der Waals surface area contributed by atoms with Gasteiger partial charge in [-0.3, -0.25) is 0 Å². The van der Waals surface area contributed by atoms with Crippen molar-refractivity contribution in [2.45, 2.75) is 6.92 Å². The summed E-state index contributed by atoms with van der Waals surface area (Å²) in [6.07, 6.45) is 1.42. The molecule has 0 bridgehead atoms. The molecule has 0 atom stereocenters. The topological polar surface area (TPSA) is 102 Å². The molecule has 0 radical (unpaired) electrons. The maximum atomic E-state index is 11.8. The van der Waals surface area contributed by atoms with E-state index in [0.29, 0.717) is 5.75 Å². The molecule has 9 heteroatoms. The van der Waals surface area contributed by atoms with Gasteiger partial charge in [-0.2, -0.15) is 5.10 Å². The summed E-state index contributed by atoms with van der Waals surface area (Å²) < 4.78 is 9.72. The van der Waals surface area contributed by atoms with Gasteiger partial charge >= 0.3 is 35.5 Å². The van der Waals surface area contributed by atoms with Gasteiger partial charge in [-0.1, -0.05) is 0 Å². The van der Waals surface area contributed by atoms with Crippen molar-refractivity contribution in [2.75, 3.05) is 13.7 Å². The number of ether oxygens (including phenoxy) is 2. The van der Waals surface area contributed by atoms with Crippen LogP contribution >= 0.6 is 0 Å². The largest absolute Gasteiger partial charge is 1.00 e. The van der Waals surface area contributed by atoms with E-state index < -0.39 is 11.8 Å². The van der Waals surface area contributed by atoms with Crippen molar-refractivity contribution in [1.82, 2.24) is 15.1 Å². The van der Waals surface area contributed by atoms with Crippen molar-refractivity contribution < 1.29 is 48.9 Å². The van der Waals surface area contributed by atoms with E-state index in [9.17, 15) is 9.90 Å². The Bertz CT molecular complexity index is 655. The second kappa shape index (κ2) is 8.52. The van der Waals surface area contributed by atoms with Gasteiger partial charge < -0.3 is 14.6 Å². The van der Waals surface area contributed by atoms with Crippen LogP contribution < -0.4 is 39.4 Å².